The highest BCUT2D eigenvalue weighted by molar-refractivity contribution is 5.95. The third-order valence-electron chi connectivity index (χ3n) is 4.35. The molecule has 0 aliphatic rings. The van der Waals surface area contributed by atoms with Crippen LogP contribution >= 0.6 is 0 Å². The second-order valence-electron chi connectivity index (χ2n) is 6.69. The smallest absolute Gasteiger partial charge is 0.137 e. The van der Waals surface area contributed by atoms with Crippen LogP contribution in [0.3, 0.4) is 0 Å². The van der Waals surface area contributed by atoms with Gasteiger partial charge in [0, 0.05) is 17.8 Å². The Balaban J connectivity index is 1.77. The Labute approximate surface area is 140 Å². The molecule has 0 bridgehead atoms. The van der Waals surface area contributed by atoms with Crippen LogP contribution in [-0.2, 0) is 0 Å². The van der Waals surface area contributed by atoms with E-state index < -0.39 is 0 Å². The number of nitrogens with zero attached hydrogens (tertiary/aromatic N) is 2. The largest absolute Gasteiger partial charge is 0.346 e. The lowest BCUT2D eigenvalue weighted by Crippen LogP contribution is -2.14. The van der Waals surface area contributed by atoms with Gasteiger partial charge in [0.25, 0.3) is 0 Å². The number of hydrogen-bond acceptors (Lipinski definition) is 3. The molecular weight excluding hydrogens is 298 g/mol. The molecule has 122 valence electrons. The van der Waals surface area contributed by atoms with Gasteiger partial charge < -0.3 is 15.7 Å². The second kappa shape index (κ2) is 5.76. The zero-order valence-electron chi connectivity index (χ0n) is 13.9. The van der Waals surface area contributed by atoms with Crippen molar-refractivity contribution in [3.63, 3.8) is 0 Å². The van der Waals surface area contributed by atoms with Gasteiger partial charge in [-0.25, -0.2) is 9.97 Å². The molecule has 0 saturated carbocycles. The highest BCUT2D eigenvalue weighted by Gasteiger charge is 2.14. The first-order chi connectivity index (χ1) is 11.6. The van der Waals surface area contributed by atoms with E-state index >= 15 is 0 Å². The van der Waals surface area contributed by atoms with E-state index in [0.717, 1.165) is 45.4 Å². The lowest BCUT2D eigenvalue weighted by molar-refractivity contribution is 0.496. The Morgan fingerprint density at radius 3 is 2.88 bits per heavy atom. The van der Waals surface area contributed by atoms with Crippen molar-refractivity contribution in [3.05, 3.63) is 48.5 Å². The molecular formula is C19H21N5. The molecule has 3 heterocycles. The number of aromatic nitrogens is 4. The highest BCUT2D eigenvalue weighted by Crippen LogP contribution is 2.29. The number of hydrogen-bond donors (Lipinski definition) is 3. The maximum absolute atomic E-state index is 6.26. The van der Waals surface area contributed by atoms with Crippen LogP contribution in [0.1, 0.15) is 32.1 Å². The lowest BCUT2D eigenvalue weighted by Gasteiger charge is -2.10. The summed E-state index contributed by atoms with van der Waals surface area (Å²) >= 11 is 0. The van der Waals surface area contributed by atoms with Crippen molar-refractivity contribution in [2.45, 2.75) is 26.3 Å². The number of benzene rings is 1. The van der Waals surface area contributed by atoms with Gasteiger partial charge in [-0.05, 0) is 47.7 Å². The Morgan fingerprint density at radius 2 is 2.04 bits per heavy atom. The predicted octanol–water partition coefficient (Wildman–Crippen LogP) is 4.15. The van der Waals surface area contributed by atoms with Crippen molar-refractivity contribution < 1.29 is 0 Å². The highest BCUT2D eigenvalue weighted by atomic mass is 15.0. The molecule has 4 N–H and O–H groups in total. The van der Waals surface area contributed by atoms with Crippen molar-refractivity contribution in [1.29, 1.82) is 0 Å². The lowest BCUT2D eigenvalue weighted by atomic mass is 10.0. The van der Waals surface area contributed by atoms with E-state index in [1.807, 2.05) is 24.5 Å². The molecule has 5 nitrogen and oxygen atoms in total. The van der Waals surface area contributed by atoms with Crippen LogP contribution in [0.5, 0.6) is 0 Å². The van der Waals surface area contributed by atoms with Gasteiger partial charge in [-0.2, -0.15) is 0 Å². The summed E-state index contributed by atoms with van der Waals surface area (Å²) in [6.07, 6.45) is 4.66. The number of fused-ring (bicyclic) bond motifs is 2. The number of aromatic amines is 2. The Bertz CT molecular complexity index is 995. The Hall–Kier alpha value is -2.66. The minimum absolute atomic E-state index is 0.0573. The van der Waals surface area contributed by atoms with E-state index in [0.29, 0.717) is 5.92 Å². The maximum Gasteiger partial charge on any atom is 0.137 e. The fourth-order valence-corrected chi connectivity index (χ4v) is 3.20. The first-order valence-electron chi connectivity index (χ1n) is 8.29. The van der Waals surface area contributed by atoms with Gasteiger partial charge in [0.2, 0.25) is 0 Å². The number of H-pyrrole nitrogens is 2. The molecule has 24 heavy (non-hydrogen) atoms. The predicted molar refractivity (Wildman–Crippen MR) is 97.6 cm³/mol. The first kappa shape index (κ1) is 14.9. The van der Waals surface area contributed by atoms with Crippen molar-refractivity contribution in [1.82, 2.24) is 19.9 Å². The monoisotopic (exact) mass is 319 g/mol. The van der Waals surface area contributed by atoms with Crippen molar-refractivity contribution in [2.24, 2.45) is 11.7 Å². The van der Waals surface area contributed by atoms with E-state index in [1.165, 1.54) is 0 Å². The summed E-state index contributed by atoms with van der Waals surface area (Å²) in [6, 6.07) is 10.3. The standard InChI is InChI=1S/C19H21N5/c1-11(2)9-15(20)19-23-16-4-3-12(10-17(16)24-19)13-5-7-21-18-14(13)6-8-22-18/h3-8,10-11,15H,9,20H2,1-2H3,(H,21,22)(H,23,24). The number of pyridine rings is 1. The number of imidazole rings is 1. The molecule has 1 atom stereocenters. The zero-order chi connectivity index (χ0) is 16.7. The van der Waals surface area contributed by atoms with Gasteiger partial charge in [-0.15, -0.1) is 0 Å². The van der Waals surface area contributed by atoms with Gasteiger partial charge in [0.15, 0.2) is 0 Å². The quantitative estimate of drug-likeness (QED) is 0.528. The van der Waals surface area contributed by atoms with Crippen molar-refractivity contribution in [2.75, 3.05) is 0 Å². The summed E-state index contributed by atoms with van der Waals surface area (Å²) in [6.45, 7) is 4.35. The second-order valence-corrected chi connectivity index (χ2v) is 6.69. The topological polar surface area (TPSA) is 83.4 Å². The summed E-state index contributed by atoms with van der Waals surface area (Å²) in [5.41, 5.74) is 11.4. The van der Waals surface area contributed by atoms with Gasteiger partial charge in [0.05, 0.1) is 17.1 Å². The molecule has 4 aromatic rings. The van der Waals surface area contributed by atoms with E-state index in [4.69, 9.17) is 5.73 Å². The van der Waals surface area contributed by atoms with Crippen LogP contribution < -0.4 is 5.73 Å². The molecule has 3 aromatic heterocycles. The fraction of sp³-hybridized carbons (Fsp3) is 0.263. The average molecular weight is 319 g/mol. The minimum Gasteiger partial charge on any atom is -0.346 e. The molecule has 0 aliphatic heterocycles. The Morgan fingerprint density at radius 1 is 1.17 bits per heavy atom. The number of nitrogens with two attached hydrogens (primary N) is 1. The SMILES string of the molecule is CC(C)CC(N)c1nc2ccc(-c3ccnc4[nH]ccc34)cc2[nH]1. The van der Waals surface area contributed by atoms with Crippen LogP contribution in [-0.4, -0.2) is 19.9 Å². The molecule has 0 fully saturated rings. The molecule has 0 spiro atoms. The van der Waals surface area contributed by atoms with Crippen molar-refractivity contribution in [3.8, 4) is 11.1 Å². The molecule has 5 heteroatoms. The first-order valence-corrected chi connectivity index (χ1v) is 8.29. The molecule has 1 aromatic carbocycles. The van der Waals surface area contributed by atoms with Gasteiger partial charge >= 0.3 is 0 Å². The van der Waals surface area contributed by atoms with Crippen LogP contribution in [0.2, 0.25) is 0 Å². The van der Waals surface area contributed by atoms with Gasteiger partial charge in [-0.1, -0.05) is 19.9 Å². The molecule has 0 saturated heterocycles. The average Bonchev–Trinajstić information content (AvgIpc) is 3.19. The third kappa shape index (κ3) is 2.57. The van der Waals surface area contributed by atoms with Crippen LogP contribution in [0.15, 0.2) is 42.7 Å². The van der Waals surface area contributed by atoms with Crippen LogP contribution in [0, 0.1) is 5.92 Å². The molecule has 4 rings (SSSR count). The fourth-order valence-electron chi connectivity index (χ4n) is 3.20. The Kier molecular flexibility index (Phi) is 3.58. The maximum atomic E-state index is 6.26. The summed E-state index contributed by atoms with van der Waals surface area (Å²) in [5, 5.41) is 1.12. The number of rotatable bonds is 4. The zero-order valence-corrected chi connectivity index (χ0v) is 13.9. The van der Waals surface area contributed by atoms with Gasteiger partial charge in [-0.3, -0.25) is 0 Å². The third-order valence-corrected chi connectivity index (χ3v) is 4.35. The summed E-state index contributed by atoms with van der Waals surface area (Å²) in [5.74, 6) is 1.40. The number of nitrogens with one attached hydrogen (secondary N) is 2. The minimum atomic E-state index is -0.0573. The van der Waals surface area contributed by atoms with E-state index in [1.54, 1.807) is 0 Å². The van der Waals surface area contributed by atoms with Crippen LogP contribution in [0.4, 0.5) is 0 Å². The summed E-state index contributed by atoms with van der Waals surface area (Å²) < 4.78 is 0. The van der Waals surface area contributed by atoms with E-state index in [9.17, 15) is 0 Å². The molecule has 0 amide bonds. The summed E-state index contributed by atoms with van der Waals surface area (Å²) in [4.78, 5) is 15.6. The molecule has 1 unspecified atom stereocenters. The molecule has 0 radical (unpaired) electrons. The van der Waals surface area contributed by atoms with Crippen LogP contribution in [0.25, 0.3) is 33.2 Å². The van der Waals surface area contributed by atoms with Crippen molar-refractivity contribution >= 4 is 22.1 Å². The summed E-state index contributed by atoms with van der Waals surface area (Å²) in [7, 11) is 0. The normalized spacial score (nSPS) is 13.2. The van der Waals surface area contributed by atoms with E-state index in [-0.39, 0.29) is 6.04 Å². The van der Waals surface area contributed by atoms with E-state index in [2.05, 4.69) is 52.0 Å². The van der Waals surface area contributed by atoms with Gasteiger partial charge in [0.1, 0.15) is 11.5 Å². The molecule has 0 aliphatic carbocycles.